The molecule has 1 atom stereocenters. The zero-order valence-corrected chi connectivity index (χ0v) is 18.7. The molecule has 1 N–H and O–H groups in total. The summed E-state index contributed by atoms with van der Waals surface area (Å²) in [6.07, 6.45) is 0. The van der Waals surface area contributed by atoms with Crippen LogP contribution >= 0.6 is 28.1 Å². The SMILES string of the molecule is CN(C)C(=O)c1cccc(C2(c3cccc(Br)c3)NC(=S)N3CC(F)(F)CN=C32)c1. The first-order valence-corrected chi connectivity index (χ1v) is 10.4. The summed E-state index contributed by atoms with van der Waals surface area (Å²) in [7, 11) is 3.36. The van der Waals surface area contributed by atoms with Gasteiger partial charge >= 0.3 is 0 Å². The molecule has 156 valence electrons. The molecule has 0 aliphatic carbocycles. The lowest BCUT2D eigenvalue weighted by Crippen LogP contribution is -2.50. The summed E-state index contributed by atoms with van der Waals surface area (Å²) >= 11 is 8.93. The molecule has 1 amide bonds. The summed E-state index contributed by atoms with van der Waals surface area (Å²) in [6.45, 7) is -1.15. The van der Waals surface area contributed by atoms with E-state index in [4.69, 9.17) is 12.2 Å². The van der Waals surface area contributed by atoms with Gasteiger partial charge in [-0.3, -0.25) is 14.7 Å². The molecule has 4 rings (SSSR count). The highest BCUT2D eigenvalue weighted by atomic mass is 79.9. The lowest BCUT2D eigenvalue weighted by Gasteiger charge is -2.35. The minimum atomic E-state index is -2.97. The van der Waals surface area contributed by atoms with Crippen LogP contribution in [0, 0.1) is 0 Å². The van der Waals surface area contributed by atoms with E-state index in [1.807, 2.05) is 30.3 Å². The number of halogens is 3. The number of alkyl halides is 2. The zero-order valence-electron chi connectivity index (χ0n) is 16.3. The summed E-state index contributed by atoms with van der Waals surface area (Å²) in [4.78, 5) is 19.7. The van der Waals surface area contributed by atoms with Crippen molar-refractivity contribution < 1.29 is 13.6 Å². The van der Waals surface area contributed by atoms with Gasteiger partial charge in [0, 0.05) is 24.1 Å². The summed E-state index contributed by atoms with van der Waals surface area (Å²) in [5.74, 6) is -2.72. The van der Waals surface area contributed by atoms with Crippen molar-refractivity contribution in [1.29, 1.82) is 0 Å². The second-order valence-electron chi connectivity index (χ2n) is 7.55. The van der Waals surface area contributed by atoms with Gasteiger partial charge in [0.05, 0.1) is 6.54 Å². The molecule has 0 bridgehead atoms. The van der Waals surface area contributed by atoms with Crippen molar-refractivity contribution in [1.82, 2.24) is 15.1 Å². The third-order valence-electron chi connectivity index (χ3n) is 5.19. The first-order chi connectivity index (χ1) is 14.1. The Balaban J connectivity index is 1.96. The molecule has 2 aromatic carbocycles. The van der Waals surface area contributed by atoms with E-state index < -0.39 is 24.6 Å². The molecular weight excluding hydrogens is 474 g/mol. The summed E-state index contributed by atoms with van der Waals surface area (Å²) < 4.78 is 29.0. The van der Waals surface area contributed by atoms with E-state index in [0.717, 1.165) is 10.0 Å². The Morgan fingerprint density at radius 1 is 1.20 bits per heavy atom. The Morgan fingerprint density at radius 2 is 1.87 bits per heavy atom. The van der Waals surface area contributed by atoms with Crippen molar-refractivity contribution >= 4 is 45.0 Å². The van der Waals surface area contributed by atoms with Gasteiger partial charge in [0.2, 0.25) is 0 Å². The number of nitrogens with one attached hydrogen (secondary N) is 1. The highest BCUT2D eigenvalue weighted by Gasteiger charge is 2.54. The number of aliphatic imine (C=N–C) groups is 1. The number of nitrogens with zero attached hydrogens (tertiary/aromatic N) is 3. The standard InChI is InChI=1S/C21H19BrF2N4OS/c1-27(2)17(29)13-5-3-6-14(9-13)21(15-7-4-8-16(22)10-15)18-25-11-20(23,24)12-28(18)19(30)26-21/h3-10H,11-12H2,1-2H3,(H,26,30). The number of carbonyl (C=O) groups excluding carboxylic acids is 1. The molecule has 1 unspecified atom stereocenters. The molecule has 2 aliphatic rings. The molecule has 5 nitrogen and oxygen atoms in total. The maximum Gasteiger partial charge on any atom is 0.284 e. The van der Waals surface area contributed by atoms with Crippen molar-refractivity contribution in [3.63, 3.8) is 0 Å². The topological polar surface area (TPSA) is 47.9 Å². The second-order valence-corrected chi connectivity index (χ2v) is 8.86. The quantitative estimate of drug-likeness (QED) is 0.664. The van der Waals surface area contributed by atoms with E-state index in [-0.39, 0.29) is 11.0 Å². The van der Waals surface area contributed by atoms with Crippen LogP contribution in [0.1, 0.15) is 21.5 Å². The monoisotopic (exact) mass is 492 g/mol. The number of rotatable bonds is 3. The lowest BCUT2D eigenvalue weighted by molar-refractivity contribution is -0.00368. The fraction of sp³-hybridized carbons (Fsp3) is 0.286. The van der Waals surface area contributed by atoms with E-state index in [0.29, 0.717) is 17.0 Å². The highest BCUT2D eigenvalue weighted by Crippen LogP contribution is 2.41. The van der Waals surface area contributed by atoms with Gasteiger partial charge in [-0.25, -0.2) is 8.78 Å². The number of hydrogen-bond donors (Lipinski definition) is 1. The Labute approximate surface area is 186 Å². The van der Waals surface area contributed by atoms with E-state index in [2.05, 4.69) is 26.2 Å². The third-order valence-corrected chi connectivity index (χ3v) is 6.00. The van der Waals surface area contributed by atoms with Gasteiger partial charge in [0.15, 0.2) is 5.11 Å². The van der Waals surface area contributed by atoms with E-state index >= 15 is 0 Å². The normalized spacial score (nSPS) is 22.2. The maximum absolute atomic E-state index is 14.1. The fourth-order valence-corrected chi connectivity index (χ4v) is 4.54. The molecule has 30 heavy (non-hydrogen) atoms. The predicted octanol–water partition coefficient (Wildman–Crippen LogP) is 3.63. The van der Waals surface area contributed by atoms with Crippen molar-refractivity contribution in [3.8, 4) is 0 Å². The number of fused-ring (bicyclic) bond motifs is 1. The summed E-state index contributed by atoms with van der Waals surface area (Å²) in [5.41, 5.74) is 0.877. The molecule has 1 saturated heterocycles. The lowest BCUT2D eigenvalue weighted by atomic mass is 9.81. The molecule has 2 aromatic rings. The number of amides is 1. The smallest absolute Gasteiger partial charge is 0.284 e. The Bertz CT molecular complexity index is 1070. The fourth-order valence-electron chi connectivity index (χ4n) is 3.84. The first kappa shape index (κ1) is 20.9. The zero-order chi connectivity index (χ0) is 21.7. The summed E-state index contributed by atoms with van der Waals surface area (Å²) in [6, 6.07) is 14.6. The molecule has 0 saturated carbocycles. The van der Waals surface area contributed by atoms with Gasteiger partial charge in [-0.2, -0.15) is 0 Å². The largest absolute Gasteiger partial charge is 0.345 e. The summed E-state index contributed by atoms with van der Waals surface area (Å²) in [5, 5.41) is 3.43. The number of thiocarbonyl (C=S) groups is 1. The molecule has 9 heteroatoms. The number of carbonyl (C=O) groups is 1. The van der Waals surface area contributed by atoms with Crippen LogP contribution in [0.3, 0.4) is 0 Å². The average Bonchev–Trinajstić information content (AvgIpc) is 2.99. The van der Waals surface area contributed by atoms with Crippen molar-refractivity contribution in [2.75, 3.05) is 27.2 Å². The first-order valence-electron chi connectivity index (χ1n) is 9.25. The molecule has 2 heterocycles. The van der Waals surface area contributed by atoms with Gasteiger partial charge < -0.3 is 10.2 Å². The molecule has 2 aliphatic heterocycles. The molecular formula is C21H19BrF2N4OS. The van der Waals surface area contributed by atoms with Gasteiger partial charge in [-0.15, -0.1) is 0 Å². The predicted molar refractivity (Wildman–Crippen MR) is 119 cm³/mol. The number of amidine groups is 1. The molecule has 0 aromatic heterocycles. The van der Waals surface area contributed by atoms with Crippen LogP contribution in [0.15, 0.2) is 58.0 Å². The van der Waals surface area contributed by atoms with Gasteiger partial charge in [-0.1, -0.05) is 40.2 Å². The van der Waals surface area contributed by atoms with E-state index in [9.17, 15) is 13.6 Å². The van der Waals surface area contributed by atoms with Gasteiger partial charge in [0.1, 0.15) is 17.9 Å². The molecule has 0 spiro atoms. The van der Waals surface area contributed by atoms with E-state index in [1.165, 1.54) is 9.80 Å². The van der Waals surface area contributed by atoms with Crippen molar-refractivity contribution in [2.24, 2.45) is 4.99 Å². The minimum Gasteiger partial charge on any atom is -0.345 e. The Morgan fingerprint density at radius 3 is 2.53 bits per heavy atom. The molecule has 0 radical (unpaired) electrons. The van der Waals surface area contributed by atoms with Crippen molar-refractivity contribution in [2.45, 2.75) is 11.5 Å². The number of benzene rings is 2. The third kappa shape index (κ3) is 3.39. The average molecular weight is 493 g/mol. The molecule has 1 fully saturated rings. The van der Waals surface area contributed by atoms with Crippen LogP contribution in [0.25, 0.3) is 0 Å². The maximum atomic E-state index is 14.1. The number of hydrogen-bond acceptors (Lipinski definition) is 3. The van der Waals surface area contributed by atoms with Crippen LogP contribution in [0.4, 0.5) is 8.78 Å². The minimum absolute atomic E-state index is 0.157. The van der Waals surface area contributed by atoms with Crippen LogP contribution in [-0.2, 0) is 5.54 Å². The van der Waals surface area contributed by atoms with E-state index in [1.54, 1.807) is 32.3 Å². The van der Waals surface area contributed by atoms with Crippen LogP contribution in [0.2, 0.25) is 0 Å². The van der Waals surface area contributed by atoms with Crippen molar-refractivity contribution in [3.05, 3.63) is 69.7 Å². The van der Waals surface area contributed by atoms with Crippen LogP contribution in [0.5, 0.6) is 0 Å². The highest BCUT2D eigenvalue weighted by molar-refractivity contribution is 9.10. The van der Waals surface area contributed by atoms with Crippen LogP contribution < -0.4 is 5.32 Å². The van der Waals surface area contributed by atoms with Crippen LogP contribution in [-0.4, -0.2) is 59.8 Å². The van der Waals surface area contributed by atoms with Gasteiger partial charge in [-0.05, 0) is 47.6 Å². The Hall–Kier alpha value is -2.39. The second kappa shape index (κ2) is 7.39. The Kier molecular flexibility index (Phi) is 5.14. The van der Waals surface area contributed by atoms with Gasteiger partial charge in [0.25, 0.3) is 11.8 Å².